The van der Waals surface area contributed by atoms with E-state index in [1.54, 1.807) is 0 Å². The Labute approximate surface area is 129 Å². The maximum atomic E-state index is 11.7. The molecule has 0 bridgehead atoms. The molecule has 2 atom stereocenters. The second-order valence-corrected chi connectivity index (χ2v) is 4.03. The van der Waals surface area contributed by atoms with Crippen LogP contribution >= 0.6 is 0 Å². The zero-order chi connectivity index (χ0) is 13.6. The average Bonchev–Trinajstić information content (AvgIpc) is 2.22. The van der Waals surface area contributed by atoms with Crippen molar-refractivity contribution < 1.29 is 19.5 Å². The van der Waals surface area contributed by atoms with Gasteiger partial charge in [0.2, 0.25) is 5.91 Å². The minimum atomic E-state index is -1.26. The summed E-state index contributed by atoms with van der Waals surface area (Å²) < 4.78 is 0. The van der Waals surface area contributed by atoms with Gasteiger partial charge in [0.25, 0.3) is 0 Å². The van der Waals surface area contributed by atoms with Crippen LogP contribution in [0.4, 0.5) is 4.79 Å². The summed E-state index contributed by atoms with van der Waals surface area (Å²) in [6.45, 7) is 5.67. The number of rotatable bonds is 6. The zero-order valence-electron chi connectivity index (χ0n) is 10.5. The Kier molecular flexibility index (Phi) is 10.3. The van der Waals surface area contributed by atoms with Gasteiger partial charge in [-0.05, 0) is 12.3 Å². The summed E-state index contributed by atoms with van der Waals surface area (Å²) in [5.74, 6) is -1.93. The van der Waals surface area contributed by atoms with Crippen LogP contribution in [0.2, 0.25) is 0 Å². The monoisotopic (exact) mass is 268 g/mol. The van der Waals surface area contributed by atoms with Crippen LogP contribution in [0.25, 0.3) is 0 Å². The van der Waals surface area contributed by atoms with Crippen molar-refractivity contribution in [2.24, 2.45) is 11.7 Å². The molecule has 2 unspecified atom stereocenters. The molecule has 0 fully saturated rings. The van der Waals surface area contributed by atoms with Gasteiger partial charge >= 0.3 is 41.6 Å². The van der Waals surface area contributed by atoms with Crippen LogP contribution in [-0.2, 0) is 9.59 Å². The number of amides is 3. The number of carboxylic acids is 1. The van der Waals surface area contributed by atoms with E-state index >= 15 is 0 Å². The molecule has 0 aliphatic rings. The predicted molar refractivity (Wildman–Crippen MR) is 69.4 cm³/mol. The third-order valence-electron chi connectivity index (χ3n) is 2.86. The van der Waals surface area contributed by atoms with Gasteiger partial charge in [0, 0.05) is 6.04 Å². The van der Waals surface area contributed by atoms with E-state index in [2.05, 4.69) is 0 Å². The Morgan fingerprint density at radius 1 is 1.22 bits per heavy atom. The Bertz CT molecular complexity index is 309. The van der Waals surface area contributed by atoms with Crippen LogP contribution in [0.1, 0.15) is 40.0 Å². The molecule has 3 amide bonds. The van der Waals surface area contributed by atoms with E-state index in [1.165, 1.54) is 0 Å². The first kappa shape index (κ1) is 19.7. The van der Waals surface area contributed by atoms with Crippen molar-refractivity contribution in [3.8, 4) is 0 Å². The number of urea groups is 1. The second kappa shape index (κ2) is 9.35. The second-order valence-electron chi connectivity index (χ2n) is 4.03. The van der Waals surface area contributed by atoms with Gasteiger partial charge in [-0.3, -0.25) is 14.5 Å². The molecule has 0 aromatic rings. The molecular weight excluding hydrogens is 247 g/mol. The van der Waals surface area contributed by atoms with Crippen molar-refractivity contribution in [1.29, 1.82) is 0 Å². The van der Waals surface area contributed by atoms with E-state index in [0.29, 0.717) is 6.42 Å². The molecule has 0 rings (SSSR count). The quantitative estimate of drug-likeness (QED) is 0.542. The molecule has 0 radical (unpaired) electrons. The van der Waals surface area contributed by atoms with Crippen molar-refractivity contribution >= 4 is 47.5 Å². The fraction of sp³-hybridized carbons (Fsp3) is 0.727. The predicted octanol–water partition coefficient (Wildman–Crippen LogP) is 0.545. The summed E-state index contributed by atoms with van der Waals surface area (Å²) in [5.41, 5.74) is 5.16. The number of hydrogen-bond acceptors (Lipinski definition) is 3. The maximum absolute atomic E-state index is 11.7. The summed E-state index contributed by atoms with van der Waals surface area (Å²) in [6.07, 6.45) is 0.627. The Hall–Kier alpha value is -0.590. The van der Waals surface area contributed by atoms with Gasteiger partial charge in [0.05, 0.1) is 0 Å². The number of hydrogen-bond donors (Lipinski definition) is 2. The molecule has 100 valence electrons. The third-order valence-corrected chi connectivity index (χ3v) is 2.86. The molecule has 7 heteroatoms. The van der Waals surface area contributed by atoms with Gasteiger partial charge < -0.3 is 10.8 Å². The summed E-state index contributed by atoms with van der Waals surface area (Å²) >= 11 is 0. The van der Waals surface area contributed by atoms with E-state index in [0.717, 1.165) is 11.3 Å². The van der Waals surface area contributed by atoms with Crippen molar-refractivity contribution in [3.63, 3.8) is 0 Å². The number of aliphatic carboxylic acids is 1. The molecule has 0 aromatic carbocycles. The van der Waals surface area contributed by atoms with Gasteiger partial charge in [0.1, 0.15) is 6.42 Å². The standard InChI is InChI=1S/C11H20N2O4.Na.H/c1-4-7(3)8(5-2)13(11(12)17)9(14)6-10(15)16;;/h7-8H,4-6H2,1-3H3,(H2,12,17)(H,15,16);;. The third kappa shape index (κ3) is 5.84. The van der Waals surface area contributed by atoms with Crippen LogP contribution < -0.4 is 5.73 Å². The number of carbonyl (C=O) groups excluding carboxylic acids is 2. The number of carboxylic acid groups (broad SMARTS) is 1. The van der Waals surface area contributed by atoms with E-state index in [-0.39, 0.29) is 41.5 Å². The van der Waals surface area contributed by atoms with E-state index < -0.39 is 24.3 Å². The van der Waals surface area contributed by atoms with E-state index in [4.69, 9.17) is 10.8 Å². The van der Waals surface area contributed by atoms with Gasteiger partial charge in [0.15, 0.2) is 0 Å². The molecule has 6 nitrogen and oxygen atoms in total. The summed E-state index contributed by atoms with van der Waals surface area (Å²) in [4.78, 5) is 34.3. The summed E-state index contributed by atoms with van der Waals surface area (Å²) in [5, 5.41) is 8.57. The first-order chi connectivity index (χ1) is 7.84. The SMILES string of the molecule is CCC(C)C(CC)N(C(N)=O)C(=O)CC(=O)O.[NaH]. The first-order valence-corrected chi connectivity index (χ1v) is 5.68. The van der Waals surface area contributed by atoms with Crippen LogP contribution in [0.3, 0.4) is 0 Å². The fourth-order valence-electron chi connectivity index (χ4n) is 1.80. The summed E-state index contributed by atoms with van der Waals surface area (Å²) in [6, 6.07) is -1.23. The van der Waals surface area contributed by atoms with Gasteiger partial charge in [-0.25, -0.2) is 4.79 Å². The number of carbonyl (C=O) groups is 3. The molecule has 0 aliphatic carbocycles. The molecule has 3 N–H and O–H groups in total. The van der Waals surface area contributed by atoms with Gasteiger partial charge in [-0.2, -0.15) is 0 Å². The molecule has 0 heterocycles. The Balaban J connectivity index is 0. The Morgan fingerprint density at radius 2 is 1.72 bits per heavy atom. The molecule has 0 aliphatic heterocycles. The molecule has 18 heavy (non-hydrogen) atoms. The number of imide groups is 1. The van der Waals surface area contributed by atoms with Gasteiger partial charge in [-0.15, -0.1) is 0 Å². The first-order valence-electron chi connectivity index (χ1n) is 5.68. The van der Waals surface area contributed by atoms with Crippen LogP contribution in [0.15, 0.2) is 0 Å². The molecular formula is C11H21N2NaO4. The number of primary amides is 1. The van der Waals surface area contributed by atoms with Crippen molar-refractivity contribution in [1.82, 2.24) is 4.90 Å². The topological polar surface area (TPSA) is 101 Å². The summed E-state index contributed by atoms with van der Waals surface area (Å²) in [7, 11) is 0. The fourth-order valence-corrected chi connectivity index (χ4v) is 1.80. The molecule has 0 saturated carbocycles. The van der Waals surface area contributed by atoms with E-state index in [9.17, 15) is 14.4 Å². The van der Waals surface area contributed by atoms with Crippen molar-refractivity contribution in [3.05, 3.63) is 0 Å². The average molecular weight is 268 g/mol. The Morgan fingerprint density at radius 3 is 2.00 bits per heavy atom. The molecule has 0 saturated heterocycles. The van der Waals surface area contributed by atoms with Crippen LogP contribution in [0.5, 0.6) is 0 Å². The van der Waals surface area contributed by atoms with Gasteiger partial charge in [-0.1, -0.05) is 27.2 Å². The number of nitrogens with zero attached hydrogens (tertiary/aromatic N) is 1. The van der Waals surface area contributed by atoms with Crippen LogP contribution in [0, 0.1) is 5.92 Å². The zero-order valence-corrected chi connectivity index (χ0v) is 10.5. The van der Waals surface area contributed by atoms with Crippen molar-refractivity contribution in [2.75, 3.05) is 0 Å². The number of nitrogens with two attached hydrogens (primary N) is 1. The molecule has 0 aromatic heterocycles. The van der Waals surface area contributed by atoms with Crippen LogP contribution in [-0.4, -0.2) is 63.5 Å². The molecule has 0 spiro atoms. The van der Waals surface area contributed by atoms with E-state index in [1.807, 2.05) is 20.8 Å². The minimum absolute atomic E-state index is 0. The normalized spacial score (nSPS) is 13.1. The van der Waals surface area contributed by atoms with Crippen molar-refractivity contribution in [2.45, 2.75) is 46.1 Å².